The van der Waals surface area contributed by atoms with Crippen LogP contribution in [-0.4, -0.2) is 34.8 Å². The van der Waals surface area contributed by atoms with E-state index in [4.69, 9.17) is 9.47 Å². The molecule has 3 aromatic carbocycles. The van der Waals surface area contributed by atoms with Gasteiger partial charge in [0.05, 0.1) is 28.2 Å². The molecular formula is C25H15F3N4O9. The summed E-state index contributed by atoms with van der Waals surface area (Å²) >= 11 is 0. The lowest BCUT2D eigenvalue weighted by Gasteiger charge is -2.26. The maximum absolute atomic E-state index is 13.1. The lowest BCUT2D eigenvalue weighted by atomic mass is 10.1. The number of carbonyl (C=O) groups is 3. The first-order chi connectivity index (χ1) is 19.3. The third kappa shape index (κ3) is 5.80. The molecule has 41 heavy (non-hydrogen) atoms. The Balaban J connectivity index is 1.66. The van der Waals surface area contributed by atoms with Crippen LogP contribution in [0.2, 0.25) is 0 Å². The molecule has 1 N–H and O–H groups in total. The zero-order valence-electron chi connectivity index (χ0n) is 20.5. The molecule has 0 aliphatic carbocycles. The van der Waals surface area contributed by atoms with Gasteiger partial charge in [-0.25, -0.2) is 9.69 Å². The Morgan fingerprint density at radius 2 is 1.54 bits per heavy atom. The number of nitrogens with zero attached hydrogens (tertiary/aromatic N) is 3. The Kier molecular flexibility index (Phi) is 7.40. The smallest absolute Gasteiger partial charge is 0.416 e. The number of carbonyl (C=O) groups excluding carboxylic acids is 3. The summed E-state index contributed by atoms with van der Waals surface area (Å²) in [4.78, 5) is 59.1. The van der Waals surface area contributed by atoms with Crippen molar-refractivity contribution < 1.29 is 46.9 Å². The average molecular weight is 572 g/mol. The van der Waals surface area contributed by atoms with E-state index in [1.165, 1.54) is 25.3 Å². The molecule has 0 saturated carbocycles. The number of rotatable bonds is 7. The minimum absolute atomic E-state index is 0.0454. The standard InChI is InChI=1S/C25H15F3N4O9/c1-40-21-11-13(2-8-20(21)41-19-9-3-14(25(26,27)28)12-18(19)32(38)39)10-17-22(33)29-24(35)30(23(17)34)15-4-6-16(7-5-15)31(36)37/h2-12H,1H3,(H,29,33,35)/b17-10+. The van der Waals surface area contributed by atoms with Crippen LogP contribution in [0, 0.1) is 20.2 Å². The summed E-state index contributed by atoms with van der Waals surface area (Å²) in [5.74, 6) is -2.78. The zero-order valence-corrected chi connectivity index (χ0v) is 20.5. The first-order valence-corrected chi connectivity index (χ1v) is 11.2. The monoisotopic (exact) mass is 572 g/mol. The van der Waals surface area contributed by atoms with E-state index in [2.05, 4.69) is 0 Å². The van der Waals surface area contributed by atoms with Gasteiger partial charge in [0.2, 0.25) is 5.75 Å². The number of nitro groups is 2. The Labute approximate surface area is 226 Å². The first kappa shape index (κ1) is 28.2. The zero-order chi connectivity index (χ0) is 30.1. The predicted octanol–water partition coefficient (Wildman–Crippen LogP) is 4.99. The highest BCUT2D eigenvalue weighted by atomic mass is 19.4. The fourth-order valence-corrected chi connectivity index (χ4v) is 3.68. The maximum atomic E-state index is 13.1. The Bertz CT molecular complexity index is 1640. The number of hydrogen-bond acceptors (Lipinski definition) is 9. The van der Waals surface area contributed by atoms with Crippen LogP contribution in [0.3, 0.4) is 0 Å². The van der Waals surface area contributed by atoms with Gasteiger partial charge in [-0.1, -0.05) is 6.07 Å². The number of benzene rings is 3. The Morgan fingerprint density at radius 3 is 2.12 bits per heavy atom. The fraction of sp³-hybridized carbons (Fsp3) is 0.0800. The van der Waals surface area contributed by atoms with E-state index in [9.17, 15) is 47.8 Å². The number of urea groups is 1. The average Bonchev–Trinajstić information content (AvgIpc) is 2.91. The molecule has 1 fully saturated rings. The molecule has 0 unspecified atom stereocenters. The number of barbiturate groups is 1. The molecule has 4 rings (SSSR count). The molecule has 4 amide bonds. The topological polar surface area (TPSA) is 171 Å². The number of halogens is 3. The van der Waals surface area contributed by atoms with Gasteiger partial charge in [0.15, 0.2) is 11.5 Å². The summed E-state index contributed by atoms with van der Waals surface area (Å²) in [6, 6.07) is 8.90. The molecule has 0 spiro atoms. The Morgan fingerprint density at radius 1 is 0.878 bits per heavy atom. The first-order valence-electron chi connectivity index (χ1n) is 11.2. The predicted molar refractivity (Wildman–Crippen MR) is 133 cm³/mol. The lowest BCUT2D eigenvalue weighted by molar-refractivity contribution is -0.385. The quantitative estimate of drug-likeness (QED) is 0.177. The molecular weight excluding hydrogens is 557 g/mol. The van der Waals surface area contributed by atoms with Gasteiger partial charge >= 0.3 is 17.9 Å². The van der Waals surface area contributed by atoms with Gasteiger partial charge in [0.25, 0.3) is 17.5 Å². The van der Waals surface area contributed by atoms with E-state index in [0.29, 0.717) is 17.0 Å². The summed E-state index contributed by atoms with van der Waals surface area (Å²) in [5, 5.41) is 24.3. The number of hydrogen-bond donors (Lipinski definition) is 1. The van der Waals surface area contributed by atoms with E-state index in [0.717, 1.165) is 36.4 Å². The van der Waals surface area contributed by atoms with E-state index in [1.807, 2.05) is 5.32 Å². The highest BCUT2D eigenvalue weighted by Gasteiger charge is 2.37. The number of ether oxygens (including phenoxy) is 2. The number of methoxy groups -OCH3 is 1. The third-order valence-corrected chi connectivity index (χ3v) is 5.62. The number of anilines is 1. The summed E-state index contributed by atoms with van der Waals surface area (Å²) in [7, 11) is 1.20. The van der Waals surface area contributed by atoms with Crippen molar-refractivity contribution in [3.63, 3.8) is 0 Å². The normalized spacial score (nSPS) is 14.6. The molecule has 13 nitrogen and oxygen atoms in total. The number of alkyl halides is 3. The number of amides is 4. The minimum atomic E-state index is -4.82. The molecule has 1 heterocycles. The third-order valence-electron chi connectivity index (χ3n) is 5.62. The van der Waals surface area contributed by atoms with E-state index < -0.39 is 56.4 Å². The summed E-state index contributed by atoms with van der Waals surface area (Å²) < 4.78 is 49.7. The summed E-state index contributed by atoms with van der Waals surface area (Å²) in [5.41, 5.74) is -2.85. The molecule has 0 aromatic heterocycles. The molecule has 3 aromatic rings. The van der Waals surface area contributed by atoms with Crippen LogP contribution in [0.15, 0.2) is 66.2 Å². The maximum Gasteiger partial charge on any atom is 0.416 e. The van der Waals surface area contributed by atoms with Crippen molar-refractivity contribution in [2.24, 2.45) is 0 Å². The number of imide groups is 2. The van der Waals surface area contributed by atoms with Crippen LogP contribution in [0.1, 0.15) is 11.1 Å². The second-order valence-corrected chi connectivity index (χ2v) is 8.18. The molecule has 1 saturated heterocycles. The van der Waals surface area contributed by atoms with Gasteiger partial charge in [0, 0.05) is 18.2 Å². The van der Waals surface area contributed by atoms with Crippen molar-refractivity contribution in [1.82, 2.24) is 5.32 Å². The van der Waals surface area contributed by atoms with E-state index >= 15 is 0 Å². The molecule has 0 atom stereocenters. The van der Waals surface area contributed by atoms with Crippen LogP contribution < -0.4 is 19.7 Å². The van der Waals surface area contributed by atoms with Crippen molar-refractivity contribution in [2.45, 2.75) is 6.18 Å². The largest absolute Gasteiger partial charge is 0.493 e. The van der Waals surface area contributed by atoms with Crippen molar-refractivity contribution in [3.05, 3.63) is 97.6 Å². The van der Waals surface area contributed by atoms with Gasteiger partial charge in [-0.05, 0) is 48.0 Å². The molecule has 16 heteroatoms. The van der Waals surface area contributed by atoms with Crippen molar-refractivity contribution >= 4 is 41.0 Å². The van der Waals surface area contributed by atoms with Crippen LogP contribution in [-0.2, 0) is 15.8 Å². The summed E-state index contributed by atoms with van der Waals surface area (Å²) in [6.45, 7) is 0. The van der Waals surface area contributed by atoms with Crippen LogP contribution in [0.5, 0.6) is 17.2 Å². The molecule has 1 aliphatic rings. The molecule has 210 valence electrons. The van der Waals surface area contributed by atoms with Gasteiger partial charge in [-0.15, -0.1) is 0 Å². The number of non-ortho nitro benzene ring substituents is 1. The van der Waals surface area contributed by atoms with Crippen LogP contribution >= 0.6 is 0 Å². The van der Waals surface area contributed by atoms with Gasteiger partial charge in [0.1, 0.15) is 5.57 Å². The van der Waals surface area contributed by atoms with Gasteiger partial charge < -0.3 is 9.47 Å². The van der Waals surface area contributed by atoms with Crippen molar-refractivity contribution in [3.8, 4) is 17.2 Å². The molecule has 0 bridgehead atoms. The lowest BCUT2D eigenvalue weighted by Crippen LogP contribution is -2.54. The van der Waals surface area contributed by atoms with Crippen LogP contribution in [0.25, 0.3) is 6.08 Å². The SMILES string of the molecule is COc1cc(/C=C2\C(=O)NC(=O)N(c3ccc([N+](=O)[O-])cc3)C2=O)ccc1Oc1ccc(C(F)(F)F)cc1[N+](=O)[O-]. The second kappa shape index (κ2) is 10.8. The van der Waals surface area contributed by atoms with E-state index in [1.54, 1.807) is 0 Å². The van der Waals surface area contributed by atoms with E-state index in [-0.39, 0.29) is 28.4 Å². The number of nitro benzene ring substituents is 2. The highest BCUT2D eigenvalue weighted by molar-refractivity contribution is 6.39. The number of nitrogens with one attached hydrogen (secondary N) is 1. The van der Waals surface area contributed by atoms with Crippen molar-refractivity contribution in [1.29, 1.82) is 0 Å². The second-order valence-electron chi connectivity index (χ2n) is 8.18. The Hall–Kier alpha value is -5.80. The minimum Gasteiger partial charge on any atom is -0.493 e. The van der Waals surface area contributed by atoms with Crippen LogP contribution in [0.4, 0.5) is 35.0 Å². The van der Waals surface area contributed by atoms with Gasteiger partial charge in [-0.2, -0.15) is 13.2 Å². The van der Waals surface area contributed by atoms with Crippen molar-refractivity contribution in [2.75, 3.05) is 12.0 Å². The summed E-state index contributed by atoms with van der Waals surface area (Å²) in [6.07, 6.45) is -3.72. The fourth-order valence-electron chi connectivity index (χ4n) is 3.68. The molecule has 1 aliphatic heterocycles. The molecule has 0 radical (unpaired) electrons. The van der Waals surface area contributed by atoms with Gasteiger partial charge in [-0.3, -0.25) is 35.1 Å². The highest BCUT2D eigenvalue weighted by Crippen LogP contribution is 2.40.